The summed E-state index contributed by atoms with van der Waals surface area (Å²) < 4.78 is 40.1. The third kappa shape index (κ3) is 6.02. The molecule has 0 aliphatic heterocycles. The first-order chi connectivity index (χ1) is 12.9. The Morgan fingerprint density at radius 2 is 1.75 bits per heavy atom. The van der Waals surface area contributed by atoms with Crippen LogP contribution < -0.4 is 10.0 Å². The number of hydrogen-bond donors (Lipinski definition) is 2. The Morgan fingerprint density at radius 1 is 1.14 bits per heavy atom. The number of benzene rings is 2. The predicted molar refractivity (Wildman–Crippen MR) is 109 cm³/mol. The van der Waals surface area contributed by atoms with Gasteiger partial charge in [-0.25, -0.2) is 17.5 Å². The van der Waals surface area contributed by atoms with Gasteiger partial charge >= 0.3 is 0 Å². The van der Waals surface area contributed by atoms with Crippen LogP contribution in [0.3, 0.4) is 0 Å². The lowest BCUT2D eigenvalue weighted by Gasteiger charge is -2.27. The molecule has 0 spiro atoms. The Morgan fingerprint density at radius 3 is 2.29 bits per heavy atom. The van der Waals surface area contributed by atoms with Crippen LogP contribution in [-0.2, 0) is 16.4 Å². The van der Waals surface area contributed by atoms with Crippen LogP contribution in [0.1, 0.15) is 43.6 Å². The molecule has 5 nitrogen and oxygen atoms in total. The summed E-state index contributed by atoms with van der Waals surface area (Å²) in [5.74, 6) is -0.918. The van der Waals surface area contributed by atoms with Crippen molar-refractivity contribution in [2.45, 2.75) is 50.6 Å². The van der Waals surface area contributed by atoms with Crippen LogP contribution in [0.25, 0.3) is 0 Å². The van der Waals surface area contributed by atoms with Crippen molar-refractivity contribution in [3.63, 3.8) is 0 Å². The SMILES string of the molecule is CC(C)NS(=O)(=O)c1ccc(CC(C)(C)NC(=O)c2ccc(F)cc2Cl)cc1. The van der Waals surface area contributed by atoms with Gasteiger partial charge in [0.1, 0.15) is 5.82 Å². The molecule has 1 amide bonds. The highest BCUT2D eigenvalue weighted by Crippen LogP contribution is 2.20. The van der Waals surface area contributed by atoms with Crippen LogP contribution in [0.4, 0.5) is 4.39 Å². The molecule has 0 aliphatic rings. The summed E-state index contributed by atoms with van der Waals surface area (Å²) in [6.45, 7) is 7.19. The minimum absolute atomic E-state index is 0.0421. The van der Waals surface area contributed by atoms with Gasteiger partial charge in [0, 0.05) is 11.6 Å². The summed E-state index contributed by atoms with van der Waals surface area (Å²) in [5.41, 5.74) is 0.419. The average molecular weight is 427 g/mol. The van der Waals surface area contributed by atoms with Gasteiger partial charge in [0.05, 0.1) is 15.5 Å². The van der Waals surface area contributed by atoms with Crippen LogP contribution in [0.15, 0.2) is 47.4 Å². The van der Waals surface area contributed by atoms with E-state index < -0.39 is 27.3 Å². The number of hydrogen-bond acceptors (Lipinski definition) is 3. The highest BCUT2D eigenvalue weighted by Gasteiger charge is 2.23. The van der Waals surface area contributed by atoms with Crippen molar-refractivity contribution in [3.05, 3.63) is 64.4 Å². The zero-order valence-electron chi connectivity index (χ0n) is 16.2. The minimum atomic E-state index is -3.55. The molecule has 0 saturated heterocycles. The summed E-state index contributed by atoms with van der Waals surface area (Å²) in [5, 5.41) is 2.92. The van der Waals surface area contributed by atoms with Crippen molar-refractivity contribution in [2.75, 3.05) is 0 Å². The summed E-state index contributed by atoms with van der Waals surface area (Å²) in [4.78, 5) is 12.7. The lowest BCUT2D eigenvalue weighted by Crippen LogP contribution is -2.45. The van der Waals surface area contributed by atoms with Crippen LogP contribution in [-0.4, -0.2) is 25.9 Å². The van der Waals surface area contributed by atoms with E-state index in [2.05, 4.69) is 10.0 Å². The molecular formula is C20H24ClFN2O3S. The van der Waals surface area contributed by atoms with E-state index in [1.807, 2.05) is 13.8 Å². The first-order valence-electron chi connectivity index (χ1n) is 8.78. The van der Waals surface area contributed by atoms with Crippen molar-refractivity contribution >= 4 is 27.5 Å². The predicted octanol–water partition coefficient (Wildman–Crippen LogP) is 3.92. The quantitative estimate of drug-likeness (QED) is 0.704. The third-order valence-electron chi connectivity index (χ3n) is 3.90. The number of carbonyl (C=O) groups excluding carboxylic acids is 1. The van der Waals surface area contributed by atoms with E-state index in [1.165, 1.54) is 24.3 Å². The molecule has 0 saturated carbocycles. The van der Waals surface area contributed by atoms with Crippen LogP contribution in [0.5, 0.6) is 0 Å². The van der Waals surface area contributed by atoms with E-state index >= 15 is 0 Å². The van der Waals surface area contributed by atoms with Gasteiger partial charge in [-0.2, -0.15) is 0 Å². The molecule has 0 radical (unpaired) electrons. The summed E-state index contributed by atoms with van der Waals surface area (Å²) in [7, 11) is -3.55. The van der Waals surface area contributed by atoms with E-state index in [4.69, 9.17) is 11.6 Å². The maximum absolute atomic E-state index is 13.2. The largest absolute Gasteiger partial charge is 0.347 e. The molecule has 8 heteroatoms. The minimum Gasteiger partial charge on any atom is -0.347 e. The topological polar surface area (TPSA) is 75.3 Å². The molecule has 0 heterocycles. The molecule has 0 fully saturated rings. The summed E-state index contributed by atoms with van der Waals surface area (Å²) >= 11 is 5.95. The Balaban J connectivity index is 2.10. The molecule has 0 bridgehead atoms. The molecule has 0 aliphatic carbocycles. The molecule has 28 heavy (non-hydrogen) atoms. The molecular weight excluding hydrogens is 403 g/mol. The van der Waals surface area contributed by atoms with Crippen molar-refractivity contribution in [3.8, 4) is 0 Å². The van der Waals surface area contributed by atoms with E-state index in [-0.39, 0.29) is 21.5 Å². The highest BCUT2D eigenvalue weighted by atomic mass is 35.5. The van der Waals surface area contributed by atoms with Crippen molar-refractivity contribution < 1.29 is 17.6 Å². The second-order valence-electron chi connectivity index (χ2n) is 7.56. The second kappa shape index (κ2) is 8.59. The Bertz CT molecular complexity index is 958. The van der Waals surface area contributed by atoms with Crippen LogP contribution >= 0.6 is 11.6 Å². The lowest BCUT2D eigenvalue weighted by atomic mass is 9.94. The summed E-state index contributed by atoms with van der Waals surface area (Å²) in [6.07, 6.45) is 0.468. The standard InChI is InChI=1S/C20H24ClFN2O3S/c1-13(2)24-28(26,27)16-8-5-14(6-9-16)12-20(3,4)23-19(25)17-10-7-15(22)11-18(17)21/h5-11,13,24H,12H2,1-4H3,(H,23,25). The maximum Gasteiger partial charge on any atom is 0.253 e. The van der Waals surface area contributed by atoms with Crippen molar-refractivity contribution in [2.24, 2.45) is 0 Å². The number of halogens is 2. The van der Waals surface area contributed by atoms with E-state index in [1.54, 1.807) is 26.0 Å². The van der Waals surface area contributed by atoms with Gasteiger partial charge in [-0.1, -0.05) is 23.7 Å². The molecule has 2 aromatic carbocycles. The fraction of sp³-hybridized carbons (Fsp3) is 0.350. The number of sulfonamides is 1. The van der Waals surface area contributed by atoms with Gasteiger partial charge in [-0.15, -0.1) is 0 Å². The zero-order chi connectivity index (χ0) is 21.1. The third-order valence-corrected chi connectivity index (χ3v) is 5.89. The fourth-order valence-corrected chi connectivity index (χ4v) is 4.27. The Labute approximate surface area is 170 Å². The number of nitrogens with one attached hydrogen (secondary N) is 2. The van der Waals surface area contributed by atoms with E-state index in [9.17, 15) is 17.6 Å². The van der Waals surface area contributed by atoms with Gasteiger partial charge in [0.25, 0.3) is 5.91 Å². The monoisotopic (exact) mass is 426 g/mol. The number of amides is 1. The van der Waals surface area contributed by atoms with Gasteiger partial charge in [0.15, 0.2) is 0 Å². The average Bonchev–Trinajstić information content (AvgIpc) is 2.52. The molecule has 0 aromatic heterocycles. The number of carbonyl (C=O) groups is 1. The first-order valence-corrected chi connectivity index (χ1v) is 10.6. The van der Waals surface area contributed by atoms with Gasteiger partial charge in [-0.05, 0) is 70.0 Å². The normalized spacial score (nSPS) is 12.2. The zero-order valence-corrected chi connectivity index (χ0v) is 17.8. The van der Waals surface area contributed by atoms with Crippen LogP contribution in [0.2, 0.25) is 5.02 Å². The van der Waals surface area contributed by atoms with E-state index in [0.29, 0.717) is 6.42 Å². The van der Waals surface area contributed by atoms with Gasteiger partial charge < -0.3 is 5.32 Å². The van der Waals surface area contributed by atoms with Gasteiger partial charge in [-0.3, -0.25) is 4.79 Å². The maximum atomic E-state index is 13.2. The lowest BCUT2D eigenvalue weighted by molar-refractivity contribution is 0.0913. The smallest absolute Gasteiger partial charge is 0.253 e. The Hall–Kier alpha value is -1.96. The van der Waals surface area contributed by atoms with Crippen molar-refractivity contribution in [1.29, 1.82) is 0 Å². The van der Waals surface area contributed by atoms with Gasteiger partial charge in [0.2, 0.25) is 10.0 Å². The second-order valence-corrected chi connectivity index (χ2v) is 9.68. The molecule has 152 valence electrons. The Kier molecular flexibility index (Phi) is 6.85. The first kappa shape index (κ1) is 22.3. The molecule has 2 rings (SSSR count). The fourth-order valence-electron chi connectivity index (χ4n) is 2.77. The highest BCUT2D eigenvalue weighted by molar-refractivity contribution is 7.89. The molecule has 0 unspecified atom stereocenters. The molecule has 0 atom stereocenters. The van der Waals surface area contributed by atoms with E-state index in [0.717, 1.165) is 11.6 Å². The summed E-state index contributed by atoms with van der Waals surface area (Å²) in [6, 6.07) is 9.92. The number of rotatable bonds is 7. The van der Waals surface area contributed by atoms with Crippen molar-refractivity contribution in [1.82, 2.24) is 10.0 Å². The molecule has 2 N–H and O–H groups in total. The van der Waals surface area contributed by atoms with Crippen LogP contribution in [0, 0.1) is 5.82 Å². The molecule has 2 aromatic rings.